The highest BCUT2D eigenvalue weighted by atomic mass is 19.1. The Morgan fingerprint density at radius 1 is 1.23 bits per heavy atom. The number of benzene rings is 1. The monoisotopic (exact) mass is 415 g/mol. The van der Waals surface area contributed by atoms with Gasteiger partial charge in [0.25, 0.3) is 0 Å². The predicted molar refractivity (Wildman–Crippen MR) is 109 cm³/mol. The Kier molecular flexibility index (Phi) is 4.25. The number of pyridine rings is 1. The second-order valence-corrected chi connectivity index (χ2v) is 8.75. The molecule has 0 radical (unpaired) electrons. The van der Waals surface area contributed by atoms with E-state index in [1.54, 1.807) is 0 Å². The molecule has 6 unspecified atom stereocenters. The maximum atomic E-state index is 15.8. The van der Waals surface area contributed by atoms with Gasteiger partial charge in [0, 0.05) is 43.1 Å². The molecule has 158 valence electrons. The number of allylic oxidation sites excluding steroid dienone is 1. The average molecular weight is 415 g/mol. The molecule has 1 aliphatic heterocycles. The molecule has 2 aromatic rings. The van der Waals surface area contributed by atoms with Gasteiger partial charge in [-0.15, -0.1) is 0 Å². The fourth-order valence-electron chi connectivity index (χ4n) is 5.10. The zero-order valence-corrected chi connectivity index (χ0v) is 16.5. The lowest BCUT2D eigenvalue weighted by Gasteiger charge is -2.30. The van der Waals surface area contributed by atoms with E-state index in [9.17, 15) is 19.1 Å². The first-order valence-corrected chi connectivity index (χ1v) is 10.2. The number of carbonyl (C=O) groups is 1. The first kappa shape index (κ1) is 19.2. The van der Waals surface area contributed by atoms with Gasteiger partial charge in [-0.2, -0.15) is 0 Å². The minimum atomic E-state index is -1.41. The molecule has 1 saturated carbocycles. The number of anilines is 1. The number of rotatable bonds is 3. The van der Waals surface area contributed by atoms with Crippen molar-refractivity contribution in [3.8, 4) is 0 Å². The van der Waals surface area contributed by atoms with E-state index in [4.69, 9.17) is 5.73 Å². The smallest absolute Gasteiger partial charge is 0.341 e. The zero-order chi connectivity index (χ0) is 21.3. The maximum Gasteiger partial charge on any atom is 0.341 e. The number of carboxylic acids is 1. The molecule has 5 rings (SSSR count). The van der Waals surface area contributed by atoms with Crippen molar-refractivity contribution in [2.75, 3.05) is 18.0 Å². The first-order chi connectivity index (χ1) is 14.3. The van der Waals surface area contributed by atoms with E-state index in [0.29, 0.717) is 30.6 Å². The molecular weight excluding hydrogens is 392 g/mol. The second kappa shape index (κ2) is 6.63. The van der Waals surface area contributed by atoms with Gasteiger partial charge in [0.15, 0.2) is 5.82 Å². The summed E-state index contributed by atoms with van der Waals surface area (Å²) in [7, 11) is 0. The number of nitrogens with zero attached hydrogens (tertiary/aromatic N) is 2. The van der Waals surface area contributed by atoms with E-state index < -0.39 is 35.0 Å². The van der Waals surface area contributed by atoms with E-state index in [1.165, 1.54) is 16.7 Å². The molecule has 2 fully saturated rings. The number of alkyl halides is 1. The molecule has 30 heavy (non-hydrogen) atoms. The number of carboxylic acid groups (broad SMARTS) is 1. The van der Waals surface area contributed by atoms with Crippen LogP contribution in [0.15, 0.2) is 35.3 Å². The van der Waals surface area contributed by atoms with Gasteiger partial charge in [-0.05, 0) is 24.0 Å². The molecule has 0 bridgehead atoms. The number of fused-ring (bicyclic) bond motifs is 2. The minimum absolute atomic E-state index is 0.0296. The highest BCUT2D eigenvalue weighted by molar-refractivity contribution is 5.94. The van der Waals surface area contributed by atoms with Gasteiger partial charge < -0.3 is 20.3 Å². The van der Waals surface area contributed by atoms with Crippen molar-refractivity contribution in [2.45, 2.75) is 31.6 Å². The van der Waals surface area contributed by atoms with E-state index in [1.807, 2.05) is 11.0 Å². The molecule has 0 spiro atoms. The Morgan fingerprint density at radius 3 is 2.57 bits per heavy atom. The van der Waals surface area contributed by atoms with Crippen LogP contribution in [-0.4, -0.2) is 40.9 Å². The van der Waals surface area contributed by atoms with Crippen LogP contribution in [0.2, 0.25) is 0 Å². The van der Waals surface area contributed by atoms with Crippen molar-refractivity contribution in [2.24, 2.45) is 23.5 Å². The Bertz CT molecular complexity index is 1120. The van der Waals surface area contributed by atoms with Crippen molar-refractivity contribution in [3.63, 3.8) is 0 Å². The lowest BCUT2D eigenvalue weighted by molar-refractivity contribution is 0.0694. The molecular formula is C22H23F2N3O3. The highest BCUT2D eigenvalue weighted by Gasteiger charge is 2.43. The van der Waals surface area contributed by atoms with Crippen LogP contribution in [0.3, 0.4) is 0 Å². The quantitative estimate of drug-likeness (QED) is 0.753. The van der Waals surface area contributed by atoms with Gasteiger partial charge in [-0.3, -0.25) is 4.79 Å². The van der Waals surface area contributed by atoms with Crippen LogP contribution in [0.1, 0.15) is 29.7 Å². The van der Waals surface area contributed by atoms with Gasteiger partial charge in [0.05, 0.1) is 17.2 Å². The SMILES string of the molecule is CC1C=CC(N)C2CN(c3ccc4c(=O)c(C(=O)O)cn(C5CC5F)c4c3F)CC12. The van der Waals surface area contributed by atoms with Crippen LogP contribution < -0.4 is 16.1 Å². The number of hydrogen-bond donors (Lipinski definition) is 2. The van der Waals surface area contributed by atoms with Gasteiger partial charge in [-0.25, -0.2) is 13.6 Å². The molecule has 2 heterocycles. The summed E-state index contributed by atoms with van der Waals surface area (Å²) in [6.07, 6.45) is 4.18. The molecule has 6 atom stereocenters. The van der Waals surface area contributed by atoms with Crippen molar-refractivity contribution in [1.29, 1.82) is 0 Å². The average Bonchev–Trinajstić information content (AvgIpc) is 3.24. The van der Waals surface area contributed by atoms with E-state index in [2.05, 4.69) is 13.0 Å². The fraction of sp³-hybridized carbons (Fsp3) is 0.455. The van der Waals surface area contributed by atoms with Gasteiger partial charge in [0.1, 0.15) is 11.7 Å². The van der Waals surface area contributed by atoms with Gasteiger partial charge in [-0.1, -0.05) is 19.1 Å². The molecule has 6 nitrogen and oxygen atoms in total. The number of nitrogens with two attached hydrogens (primary N) is 1. The zero-order valence-electron chi connectivity index (χ0n) is 16.5. The standard InChI is InChI=1S/C22H23F2N3O3/c1-10-2-4-16(25)13-8-26(7-12(10)13)17-5-3-11-20(19(17)24)27(18-6-15(18)23)9-14(21(11)28)22(29)30/h2-5,9-10,12-13,15-16,18H,6-8,25H2,1H3,(H,29,30). The molecule has 1 saturated heterocycles. The van der Waals surface area contributed by atoms with Gasteiger partial charge >= 0.3 is 5.97 Å². The summed E-state index contributed by atoms with van der Waals surface area (Å²) in [5.74, 6) is -1.19. The molecule has 3 N–H and O–H groups in total. The summed E-state index contributed by atoms with van der Waals surface area (Å²) in [5, 5.41) is 9.31. The Morgan fingerprint density at radius 2 is 1.93 bits per heavy atom. The van der Waals surface area contributed by atoms with Crippen molar-refractivity contribution >= 4 is 22.6 Å². The maximum absolute atomic E-state index is 15.8. The van der Waals surface area contributed by atoms with Crippen molar-refractivity contribution in [1.82, 2.24) is 4.57 Å². The lowest BCUT2D eigenvalue weighted by Crippen LogP contribution is -2.38. The van der Waals surface area contributed by atoms with Crippen LogP contribution in [-0.2, 0) is 0 Å². The van der Waals surface area contributed by atoms with E-state index in [-0.39, 0.29) is 29.3 Å². The number of aromatic nitrogens is 1. The van der Waals surface area contributed by atoms with E-state index >= 15 is 4.39 Å². The van der Waals surface area contributed by atoms with Crippen LogP contribution in [0.4, 0.5) is 14.5 Å². The van der Waals surface area contributed by atoms with Gasteiger partial charge in [0.2, 0.25) is 5.43 Å². The molecule has 1 aromatic carbocycles. The Hall–Kier alpha value is -2.74. The summed E-state index contributed by atoms with van der Waals surface area (Å²) in [6, 6.07) is 2.23. The summed E-state index contributed by atoms with van der Waals surface area (Å²) >= 11 is 0. The highest BCUT2D eigenvalue weighted by Crippen LogP contribution is 2.43. The predicted octanol–water partition coefficient (Wildman–Crippen LogP) is 2.71. The summed E-state index contributed by atoms with van der Waals surface area (Å²) in [4.78, 5) is 26.0. The topological polar surface area (TPSA) is 88.6 Å². The number of hydrogen-bond acceptors (Lipinski definition) is 4. The summed E-state index contributed by atoms with van der Waals surface area (Å²) in [5.41, 5.74) is 5.32. The molecule has 1 aromatic heterocycles. The minimum Gasteiger partial charge on any atom is -0.477 e. The van der Waals surface area contributed by atoms with E-state index in [0.717, 1.165) is 6.20 Å². The summed E-state index contributed by atoms with van der Waals surface area (Å²) < 4.78 is 30.9. The Balaban J connectivity index is 1.64. The van der Waals surface area contributed by atoms with Crippen LogP contribution in [0, 0.1) is 23.6 Å². The number of aromatic carboxylic acids is 1. The van der Waals surface area contributed by atoms with Crippen LogP contribution in [0.5, 0.6) is 0 Å². The molecule has 2 aliphatic carbocycles. The third kappa shape index (κ3) is 2.77. The van der Waals surface area contributed by atoms with Crippen molar-refractivity contribution in [3.05, 3.63) is 52.1 Å². The molecule has 8 heteroatoms. The third-order valence-electron chi connectivity index (χ3n) is 6.94. The number of halogens is 2. The largest absolute Gasteiger partial charge is 0.477 e. The lowest BCUT2D eigenvalue weighted by atomic mass is 9.77. The summed E-state index contributed by atoms with van der Waals surface area (Å²) in [6.45, 7) is 3.36. The second-order valence-electron chi connectivity index (χ2n) is 8.75. The van der Waals surface area contributed by atoms with Crippen LogP contribution in [0.25, 0.3) is 10.9 Å². The first-order valence-electron chi connectivity index (χ1n) is 10.2. The fourth-order valence-corrected chi connectivity index (χ4v) is 5.10. The Labute approximate surface area is 171 Å². The molecule has 3 aliphatic rings. The third-order valence-corrected chi connectivity index (χ3v) is 6.94. The van der Waals surface area contributed by atoms with Crippen LogP contribution >= 0.6 is 0 Å². The normalized spacial score (nSPS) is 32.5. The molecule has 0 amide bonds. The van der Waals surface area contributed by atoms with Crippen molar-refractivity contribution < 1.29 is 18.7 Å².